The number of nitrogens with zero attached hydrogens (tertiary/aromatic N) is 2. The van der Waals surface area contributed by atoms with Crippen molar-refractivity contribution in [3.8, 4) is 17.2 Å². The van der Waals surface area contributed by atoms with Crippen LogP contribution in [0.2, 0.25) is 0 Å². The van der Waals surface area contributed by atoms with Gasteiger partial charge in [-0.15, -0.1) is 0 Å². The second-order valence-corrected chi connectivity index (χ2v) is 8.08. The topological polar surface area (TPSA) is 90.0 Å². The maximum Gasteiger partial charge on any atom is 0.229 e. The number of benzene rings is 2. The highest BCUT2D eigenvalue weighted by Crippen LogP contribution is 2.35. The number of carbonyl (C=O) groups is 2. The van der Waals surface area contributed by atoms with E-state index in [1.54, 1.807) is 49.7 Å². The lowest BCUT2D eigenvalue weighted by molar-refractivity contribution is -0.122. The van der Waals surface area contributed by atoms with Gasteiger partial charge in [0, 0.05) is 37.1 Å². The first kappa shape index (κ1) is 23.1. The number of hydrogen-bond donors (Lipinski definition) is 1. The molecule has 3 aromatic rings. The highest BCUT2D eigenvalue weighted by Gasteiger charge is 2.36. The van der Waals surface area contributed by atoms with Crippen LogP contribution in [-0.2, 0) is 16.2 Å². The van der Waals surface area contributed by atoms with Gasteiger partial charge in [-0.25, -0.2) is 0 Å². The molecule has 176 valence electrons. The second kappa shape index (κ2) is 10.2. The van der Waals surface area contributed by atoms with Crippen LogP contribution in [0.15, 0.2) is 60.9 Å². The molecule has 1 fully saturated rings. The summed E-state index contributed by atoms with van der Waals surface area (Å²) in [7, 11) is 3.13. The van der Waals surface area contributed by atoms with E-state index in [2.05, 4.69) is 10.3 Å². The summed E-state index contributed by atoms with van der Waals surface area (Å²) in [4.78, 5) is 31.4. The van der Waals surface area contributed by atoms with E-state index in [1.807, 2.05) is 37.3 Å². The standard InChI is InChI=1S/C26H27N3O5/c1-17-4-6-22(32-2)21(12-17)29-15-19(13-25(29)30)26(31)28-20-5-7-23(33-3)24(14-20)34-16-18-8-10-27-11-9-18/h4-12,14,19H,13,15-16H2,1-3H3,(H,28,31). The quantitative estimate of drug-likeness (QED) is 0.546. The molecule has 2 aromatic carbocycles. The fourth-order valence-electron chi connectivity index (χ4n) is 3.88. The van der Waals surface area contributed by atoms with Gasteiger partial charge < -0.3 is 24.4 Å². The van der Waals surface area contributed by atoms with Crippen LogP contribution in [0.5, 0.6) is 17.2 Å². The molecule has 0 bridgehead atoms. The zero-order chi connectivity index (χ0) is 24.1. The normalized spacial score (nSPS) is 15.2. The van der Waals surface area contributed by atoms with Gasteiger partial charge in [0.2, 0.25) is 11.8 Å². The lowest BCUT2D eigenvalue weighted by Crippen LogP contribution is -2.28. The second-order valence-electron chi connectivity index (χ2n) is 8.08. The summed E-state index contributed by atoms with van der Waals surface area (Å²) >= 11 is 0. The van der Waals surface area contributed by atoms with E-state index in [-0.39, 0.29) is 24.8 Å². The van der Waals surface area contributed by atoms with Crippen molar-refractivity contribution in [1.82, 2.24) is 4.98 Å². The molecule has 1 aromatic heterocycles. The van der Waals surface area contributed by atoms with E-state index >= 15 is 0 Å². The van der Waals surface area contributed by atoms with Crippen LogP contribution in [0.3, 0.4) is 0 Å². The molecule has 1 aliphatic rings. The van der Waals surface area contributed by atoms with Gasteiger partial charge in [0.15, 0.2) is 11.5 Å². The minimum absolute atomic E-state index is 0.111. The minimum Gasteiger partial charge on any atom is -0.495 e. The van der Waals surface area contributed by atoms with Crippen molar-refractivity contribution in [2.75, 3.05) is 31.0 Å². The molecule has 2 amide bonds. The molecule has 1 saturated heterocycles. The monoisotopic (exact) mass is 461 g/mol. The molecule has 1 atom stereocenters. The summed E-state index contributed by atoms with van der Waals surface area (Å²) in [5, 5.41) is 2.91. The number of hydrogen-bond acceptors (Lipinski definition) is 6. The Balaban J connectivity index is 1.45. The van der Waals surface area contributed by atoms with Gasteiger partial charge in [-0.1, -0.05) is 6.07 Å². The van der Waals surface area contributed by atoms with Crippen LogP contribution in [0.25, 0.3) is 0 Å². The van der Waals surface area contributed by atoms with E-state index in [0.29, 0.717) is 35.2 Å². The highest BCUT2D eigenvalue weighted by atomic mass is 16.5. The van der Waals surface area contributed by atoms with Crippen molar-refractivity contribution in [2.45, 2.75) is 20.0 Å². The predicted octanol–water partition coefficient (Wildman–Crippen LogP) is 3.98. The van der Waals surface area contributed by atoms with E-state index in [9.17, 15) is 9.59 Å². The summed E-state index contributed by atoms with van der Waals surface area (Å²) in [5.41, 5.74) is 3.21. The molecule has 8 heteroatoms. The molecular weight excluding hydrogens is 434 g/mol. The number of anilines is 2. The first-order valence-corrected chi connectivity index (χ1v) is 10.9. The Bertz CT molecular complexity index is 1180. The number of aryl methyl sites for hydroxylation is 1. The Kier molecular flexibility index (Phi) is 6.96. The predicted molar refractivity (Wildman–Crippen MR) is 128 cm³/mol. The van der Waals surface area contributed by atoms with Crippen molar-refractivity contribution in [3.05, 3.63) is 72.1 Å². The van der Waals surface area contributed by atoms with Crippen molar-refractivity contribution in [3.63, 3.8) is 0 Å². The number of nitrogens with one attached hydrogen (secondary N) is 1. The SMILES string of the molecule is COc1ccc(NC(=O)C2CC(=O)N(c3cc(C)ccc3OC)C2)cc1OCc1ccncc1. The molecule has 0 saturated carbocycles. The van der Waals surface area contributed by atoms with Crippen molar-refractivity contribution in [2.24, 2.45) is 5.92 Å². The lowest BCUT2D eigenvalue weighted by Gasteiger charge is -2.20. The zero-order valence-electron chi connectivity index (χ0n) is 19.4. The third-order valence-corrected chi connectivity index (χ3v) is 5.70. The molecule has 0 radical (unpaired) electrons. The third-order valence-electron chi connectivity index (χ3n) is 5.70. The summed E-state index contributed by atoms with van der Waals surface area (Å²) in [6, 6.07) is 14.6. The summed E-state index contributed by atoms with van der Waals surface area (Å²) in [6.07, 6.45) is 3.53. The van der Waals surface area contributed by atoms with Crippen LogP contribution in [0, 0.1) is 12.8 Å². The maximum atomic E-state index is 13.0. The van der Waals surface area contributed by atoms with E-state index in [1.165, 1.54) is 0 Å². The fourth-order valence-corrected chi connectivity index (χ4v) is 3.88. The molecule has 0 spiro atoms. The van der Waals surface area contributed by atoms with Gasteiger partial charge in [0.1, 0.15) is 12.4 Å². The fraction of sp³-hybridized carbons (Fsp3) is 0.269. The molecule has 34 heavy (non-hydrogen) atoms. The van der Waals surface area contributed by atoms with E-state index < -0.39 is 5.92 Å². The molecule has 2 heterocycles. The van der Waals surface area contributed by atoms with Gasteiger partial charge in [0.25, 0.3) is 0 Å². The zero-order valence-corrected chi connectivity index (χ0v) is 19.4. The lowest BCUT2D eigenvalue weighted by atomic mass is 10.1. The molecule has 1 N–H and O–H groups in total. The number of carbonyl (C=O) groups excluding carboxylic acids is 2. The van der Waals surface area contributed by atoms with Crippen LogP contribution in [-0.4, -0.2) is 37.6 Å². The van der Waals surface area contributed by atoms with Crippen molar-refractivity contribution >= 4 is 23.2 Å². The van der Waals surface area contributed by atoms with Crippen LogP contribution in [0.4, 0.5) is 11.4 Å². The number of rotatable bonds is 8. The summed E-state index contributed by atoms with van der Waals surface area (Å²) in [6.45, 7) is 2.57. The molecule has 1 unspecified atom stereocenters. The Morgan fingerprint density at radius 1 is 1.03 bits per heavy atom. The summed E-state index contributed by atoms with van der Waals surface area (Å²) < 4.78 is 16.7. The Morgan fingerprint density at radius 3 is 2.50 bits per heavy atom. The van der Waals surface area contributed by atoms with Gasteiger partial charge in [-0.05, 0) is 54.4 Å². The molecule has 0 aliphatic carbocycles. The third kappa shape index (κ3) is 5.11. The summed E-state index contributed by atoms with van der Waals surface area (Å²) in [5.74, 6) is 0.839. The average Bonchev–Trinajstić information content (AvgIpc) is 3.25. The largest absolute Gasteiger partial charge is 0.495 e. The van der Waals surface area contributed by atoms with Gasteiger partial charge in [-0.3, -0.25) is 14.6 Å². The Hall–Kier alpha value is -4.07. The minimum atomic E-state index is -0.485. The van der Waals surface area contributed by atoms with Crippen molar-refractivity contribution in [1.29, 1.82) is 0 Å². The van der Waals surface area contributed by atoms with Gasteiger partial charge >= 0.3 is 0 Å². The molecule has 1 aliphatic heterocycles. The van der Waals surface area contributed by atoms with Crippen LogP contribution < -0.4 is 24.4 Å². The number of pyridine rings is 1. The number of methoxy groups -OCH3 is 2. The first-order valence-electron chi connectivity index (χ1n) is 10.9. The Morgan fingerprint density at radius 2 is 1.76 bits per heavy atom. The Labute approximate surface area is 198 Å². The first-order chi connectivity index (χ1) is 16.5. The van der Waals surface area contributed by atoms with E-state index in [4.69, 9.17) is 14.2 Å². The smallest absolute Gasteiger partial charge is 0.229 e. The van der Waals surface area contributed by atoms with E-state index in [0.717, 1.165) is 11.1 Å². The number of amides is 2. The van der Waals surface area contributed by atoms with Crippen molar-refractivity contribution < 1.29 is 23.8 Å². The molecule has 4 rings (SSSR count). The highest BCUT2D eigenvalue weighted by molar-refractivity contribution is 6.04. The van der Waals surface area contributed by atoms with Crippen LogP contribution in [0.1, 0.15) is 17.5 Å². The van der Waals surface area contributed by atoms with Gasteiger partial charge in [-0.2, -0.15) is 0 Å². The maximum absolute atomic E-state index is 13.0. The number of aromatic nitrogens is 1. The average molecular weight is 462 g/mol. The number of ether oxygens (including phenoxy) is 3. The van der Waals surface area contributed by atoms with Gasteiger partial charge in [0.05, 0.1) is 25.8 Å². The molecule has 8 nitrogen and oxygen atoms in total. The van der Waals surface area contributed by atoms with Crippen LogP contribution >= 0.6 is 0 Å². The molecular formula is C26H27N3O5.